The maximum atomic E-state index is 13.5. The van der Waals surface area contributed by atoms with Crippen molar-refractivity contribution in [3.8, 4) is 0 Å². The highest BCUT2D eigenvalue weighted by atomic mass is 16.6. The summed E-state index contributed by atoms with van der Waals surface area (Å²) >= 11 is 0. The molecule has 0 aliphatic carbocycles. The normalized spacial score (nSPS) is 23.4. The van der Waals surface area contributed by atoms with Gasteiger partial charge in [-0.2, -0.15) is 0 Å². The standard InChI is InChI=1S/C26H33N3O5/c1-2-26-9-5-10-28-11-8-19-18-6-3-4-7-20(18)29(23(19)24(26)28)21(16-26)25(32)27-17-22(31)34-15-14-33-13-12-30/h3-4,6-7,16,24,30H,2,5,8-15,17H2,1H3,(H,27,32)/t24-,26+/m1/s1. The molecule has 1 fully saturated rings. The topological polar surface area (TPSA) is 93.0 Å². The number of aliphatic hydroxyl groups excluding tert-OH is 1. The predicted octanol–water partition coefficient (Wildman–Crippen LogP) is 2.25. The van der Waals surface area contributed by atoms with E-state index >= 15 is 0 Å². The van der Waals surface area contributed by atoms with Crippen LogP contribution in [0.3, 0.4) is 0 Å². The van der Waals surface area contributed by atoms with Crippen LogP contribution in [-0.2, 0) is 25.5 Å². The van der Waals surface area contributed by atoms with Gasteiger partial charge in [-0.1, -0.05) is 25.1 Å². The molecule has 3 aliphatic heterocycles. The second-order valence-corrected chi connectivity index (χ2v) is 9.36. The van der Waals surface area contributed by atoms with Crippen molar-refractivity contribution in [3.63, 3.8) is 0 Å². The molecule has 182 valence electrons. The first-order valence-corrected chi connectivity index (χ1v) is 12.3. The van der Waals surface area contributed by atoms with Crippen molar-refractivity contribution < 1.29 is 24.2 Å². The van der Waals surface area contributed by atoms with Crippen LogP contribution in [0.4, 0.5) is 0 Å². The monoisotopic (exact) mass is 467 g/mol. The number of hydrogen-bond donors (Lipinski definition) is 2. The molecular weight excluding hydrogens is 434 g/mol. The zero-order chi connectivity index (χ0) is 23.7. The lowest BCUT2D eigenvalue weighted by atomic mass is 9.66. The van der Waals surface area contributed by atoms with Gasteiger partial charge in [0.05, 0.1) is 31.4 Å². The summed E-state index contributed by atoms with van der Waals surface area (Å²) < 4.78 is 12.4. The van der Waals surface area contributed by atoms with Crippen LogP contribution in [0.15, 0.2) is 30.3 Å². The lowest BCUT2D eigenvalue weighted by Gasteiger charge is -2.53. The molecule has 1 aromatic carbocycles. The van der Waals surface area contributed by atoms with E-state index in [9.17, 15) is 9.59 Å². The second kappa shape index (κ2) is 9.52. The van der Waals surface area contributed by atoms with Crippen LogP contribution in [0.5, 0.6) is 0 Å². The van der Waals surface area contributed by atoms with Gasteiger partial charge in [-0.15, -0.1) is 0 Å². The summed E-state index contributed by atoms with van der Waals surface area (Å²) in [5.41, 5.74) is 4.19. The number of esters is 1. The van der Waals surface area contributed by atoms with E-state index in [2.05, 4.69) is 46.0 Å². The Bertz CT molecular complexity index is 1120. The molecule has 1 saturated heterocycles. The Balaban J connectivity index is 1.43. The van der Waals surface area contributed by atoms with Crippen molar-refractivity contribution in [1.82, 2.24) is 14.8 Å². The first kappa shape index (κ1) is 23.1. The minimum atomic E-state index is -0.510. The van der Waals surface area contributed by atoms with E-state index in [-0.39, 0.29) is 50.3 Å². The molecule has 8 nitrogen and oxygen atoms in total. The van der Waals surface area contributed by atoms with Gasteiger partial charge in [-0.25, -0.2) is 0 Å². The average Bonchev–Trinajstić information content (AvgIpc) is 3.21. The number of nitrogens with one attached hydrogen (secondary N) is 1. The highest BCUT2D eigenvalue weighted by molar-refractivity contribution is 6.17. The molecule has 5 rings (SSSR count). The third kappa shape index (κ3) is 3.83. The number of aliphatic hydroxyl groups is 1. The fraction of sp³-hybridized carbons (Fsp3) is 0.538. The molecule has 3 aliphatic rings. The SMILES string of the molecule is CC[C@@]12C=C(C(=O)NCC(=O)OCCOCCO)n3c4c(c5ccccc53)CCN(CCC1)[C@H]42. The largest absolute Gasteiger partial charge is 0.462 e. The number of para-hydroxylation sites is 1. The third-order valence-electron chi connectivity index (χ3n) is 7.60. The number of hydrogen-bond acceptors (Lipinski definition) is 6. The Morgan fingerprint density at radius 2 is 2.06 bits per heavy atom. The van der Waals surface area contributed by atoms with E-state index in [1.165, 1.54) is 16.6 Å². The van der Waals surface area contributed by atoms with E-state index in [1.807, 2.05) is 6.07 Å². The Morgan fingerprint density at radius 3 is 2.88 bits per heavy atom. The van der Waals surface area contributed by atoms with Crippen molar-refractivity contribution in [1.29, 1.82) is 0 Å². The lowest BCUT2D eigenvalue weighted by Crippen LogP contribution is -2.51. The number of rotatable bonds is 9. The van der Waals surface area contributed by atoms with Gasteiger partial charge in [0.25, 0.3) is 5.91 Å². The van der Waals surface area contributed by atoms with E-state index in [1.54, 1.807) is 0 Å². The summed E-state index contributed by atoms with van der Waals surface area (Å²) in [6.07, 6.45) is 6.30. The molecular formula is C26H33N3O5. The van der Waals surface area contributed by atoms with Gasteiger partial charge in [0, 0.05) is 23.0 Å². The molecule has 34 heavy (non-hydrogen) atoms. The van der Waals surface area contributed by atoms with Gasteiger partial charge >= 0.3 is 5.97 Å². The maximum absolute atomic E-state index is 13.5. The first-order chi connectivity index (χ1) is 16.6. The highest BCUT2D eigenvalue weighted by Gasteiger charge is 2.50. The molecule has 1 aromatic heterocycles. The molecule has 0 saturated carbocycles. The van der Waals surface area contributed by atoms with Gasteiger partial charge in [0.2, 0.25) is 0 Å². The zero-order valence-corrected chi connectivity index (χ0v) is 19.7. The van der Waals surface area contributed by atoms with Crippen LogP contribution < -0.4 is 5.32 Å². The predicted molar refractivity (Wildman–Crippen MR) is 128 cm³/mol. The number of nitrogens with zero attached hydrogens (tertiary/aromatic N) is 2. The summed E-state index contributed by atoms with van der Waals surface area (Å²) in [6.45, 7) is 4.59. The summed E-state index contributed by atoms with van der Waals surface area (Å²) in [6, 6.07) is 8.61. The number of carbonyl (C=O) groups excluding carboxylic acids is 2. The van der Waals surface area contributed by atoms with Crippen LogP contribution in [-0.4, -0.2) is 72.5 Å². The third-order valence-corrected chi connectivity index (χ3v) is 7.60. The van der Waals surface area contributed by atoms with Crippen LogP contribution in [0.25, 0.3) is 16.6 Å². The zero-order valence-electron chi connectivity index (χ0n) is 19.7. The number of aromatic nitrogens is 1. The average molecular weight is 468 g/mol. The van der Waals surface area contributed by atoms with Gasteiger partial charge in [-0.3, -0.25) is 14.5 Å². The summed E-state index contributed by atoms with van der Waals surface area (Å²) in [7, 11) is 0. The molecule has 0 bridgehead atoms. The summed E-state index contributed by atoms with van der Waals surface area (Å²) in [5.74, 6) is -0.769. The number of benzene rings is 1. The van der Waals surface area contributed by atoms with E-state index < -0.39 is 5.97 Å². The number of carbonyl (C=O) groups is 2. The number of fused-ring (bicyclic) bond motifs is 3. The summed E-state index contributed by atoms with van der Waals surface area (Å²) in [5, 5.41) is 12.7. The number of ether oxygens (including phenoxy) is 2. The maximum Gasteiger partial charge on any atom is 0.325 e. The lowest BCUT2D eigenvalue weighted by molar-refractivity contribution is -0.145. The van der Waals surface area contributed by atoms with Crippen LogP contribution in [0.1, 0.15) is 43.5 Å². The Hall–Kier alpha value is -2.68. The van der Waals surface area contributed by atoms with Gasteiger partial charge in [-0.05, 0) is 49.9 Å². The van der Waals surface area contributed by atoms with Crippen molar-refractivity contribution in [2.45, 2.75) is 38.6 Å². The molecule has 0 radical (unpaired) electrons. The first-order valence-electron chi connectivity index (χ1n) is 12.3. The smallest absolute Gasteiger partial charge is 0.325 e. The number of amides is 1. The Morgan fingerprint density at radius 1 is 1.21 bits per heavy atom. The molecule has 2 aromatic rings. The van der Waals surface area contributed by atoms with Gasteiger partial charge in [0.1, 0.15) is 18.8 Å². The van der Waals surface area contributed by atoms with Crippen molar-refractivity contribution >= 4 is 28.5 Å². The van der Waals surface area contributed by atoms with Crippen LogP contribution >= 0.6 is 0 Å². The minimum absolute atomic E-state index is 0.0746. The fourth-order valence-corrected chi connectivity index (χ4v) is 6.12. The van der Waals surface area contributed by atoms with Crippen molar-refractivity contribution in [3.05, 3.63) is 41.6 Å². The quantitative estimate of drug-likeness (QED) is 0.434. The van der Waals surface area contributed by atoms with E-state index in [0.29, 0.717) is 5.70 Å². The molecule has 1 amide bonds. The molecule has 4 heterocycles. The van der Waals surface area contributed by atoms with Gasteiger partial charge in [0.15, 0.2) is 0 Å². The van der Waals surface area contributed by atoms with Crippen molar-refractivity contribution in [2.24, 2.45) is 5.41 Å². The minimum Gasteiger partial charge on any atom is -0.462 e. The molecule has 8 heteroatoms. The van der Waals surface area contributed by atoms with E-state index in [0.717, 1.165) is 44.3 Å². The summed E-state index contributed by atoms with van der Waals surface area (Å²) in [4.78, 5) is 28.2. The second-order valence-electron chi connectivity index (χ2n) is 9.36. The fourth-order valence-electron chi connectivity index (χ4n) is 6.12. The van der Waals surface area contributed by atoms with Crippen LogP contribution in [0, 0.1) is 5.41 Å². The van der Waals surface area contributed by atoms with E-state index in [4.69, 9.17) is 14.6 Å². The molecule has 0 unspecified atom stereocenters. The molecule has 2 N–H and O–H groups in total. The Kier molecular flexibility index (Phi) is 6.46. The van der Waals surface area contributed by atoms with Crippen LogP contribution in [0.2, 0.25) is 0 Å². The Labute approximate surface area is 199 Å². The number of piperidine rings is 1. The molecule has 2 atom stereocenters. The highest BCUT2D eigenvalue weighted by Crippen LogP contribution is 2.56. The van der Waals surface area contributed by atoms with Crippen molar-refractivity contribution in [2.75, 3.05) is 46.1 Å². The van der Waals surface area contributed by atoms with Gasteiger partial charge < -0.3 is 24.5 Å². The molecule has 0 spiro atoms.